The quantitative estimate of drug-likeness (QED) is 0.523. The van der Waals surface area contributed by atoms with Gasteiger partial charge in [-0.2, -0.15) is 0 Å². The van der Waals surface area contributed by atoms with Crippen LogP contribution < -0.4 is 0 Å². The Bertz CT molecular complexity index is 48.5. The van der Waals surface area contributed by atoms with Gasteiger partial charge in [0.1, 0.15) is 0 Å². The second kappa shape index (κ2) is 3.87. The van der Waals surface area contributed by atoms with E-state index in [2.05, 4.69) is 0 Å². The fourth-order valence-corrected chi connectivity index (χ4v) is 0.515. The maximum atomic E-state index is 10.7. The minimum atomic E-state index is 0.194. The van der Waals surface area contributed by atoms with Crippen molar-refractivity contribution in [2.45, 2.75) is 33.2 Å². The van der Waals surface area contributed by atoms with E-state index in [0.717, 1.165) is 11.5 Å². The van der Waals surface area contributed by atoms with E-state index in [0.29, 0.717) is 6.54 Å². The molecule has 50 valence electrons. The molecule has 0 saturated heterocycles. The molecule has 0 spiro atoms. The smallest absolute Gasteiger partial charge is 0.00577 e. The molecule has 8 heavy (non-hydrogen) atoms. The molecule has 0 amide bonds. The highest BCUT2D eigenvalue weighted by atomic mass is 16.5. The Balaban J connectivity index is 3.29. The minimum absolute atomic E-state index is 0.194. The van der Waals surface area contributed by atoms with E-state index in [1.807, 2.05) is 20.8 Å². The summed E-state index contributed by atoms with van der Waals surface area (Å²) in [7, 11) is 0. The van der Waals surface area contributed by atoms with Crippen molar-refractivity contribution in [2.75, 3.05) is 6.54 Å². The second-order valence-electron chi connectivity index (χ2n) is 1.99. The van der Waals surface area contributed by atoms with Crippen LogP contribution in [0.25, 0.3) is 0 Å². The third kappa shape index (κ3) is 2.28. The van der Waals surface area contributed by atoms with Gasteiger partial charge in [-0.1, -0.05) is 20.8 Å². The molecule has 0 aliphatic rings. The van der Waals surface area contributed by atoms with Gasteiger partial charge in [-0.15, -0.1) is 0 Å². The molecule has 0 aromatic heterocycles. The predicted molar refractivity (Wildman–Crippen MR) is 35.5 cm³/mol. The van der Waals surface area contributed by atoms with Gasteiger partial charge in [0.25, 0.3) is 0 Å². The molecule has 2 nitrogen and oxygen atoms in total. The second-order valence-corrected chi connectivity index (χ2v) is 1.99. The molecular formula is C6H14NO-. The molecule has 0 aromatic carbocycles. The van der Waals surface area contributed by atoms with Crippen LogP contribution >= 0.6 is 0 Å². The molecule has 0 fully saturated rings. The highest BCUT2D eigenvalue weighted by Crippen LogP contribution is 1.98. The van der Waals surface area contributed by atoms with E-state index in [-0.39, 0.29) is 6.04 Å². The van der Waals surface area contributed by atoms with Crippen molar-refractivity contribution in [1.82, 2.24) is 5.06 Å². The third-order valence-electron chi connectivity index (χ3n) is 1.39. The van der Waals surface area contributed by atoms with Crippen LogP contribution in [-0.2, 0) is 0 Å². The number of hydroxylamine groups is 2. The van der Waals surface area contributed by atoms with E-state index < -0.39 is 0 Å². The highest BCUT2D eigenvalue weighted by molar-refractivity contribution is 4.62. The van der Waals surface area contributed by atoms with E-state index >= 15 is 0 Å². The number of hydrogen-bond acceptors (Lipinski definition) is 2. The monoisotopic (exact) mass is 116 g/mol. The Kier molecular flexibility index (Phi) is 3.83. The molecule has 2 heteroatoms. The molecule has 0 saturated carbocycles. The Morgan fingerprint density at radius 3 is 2.12 bits per heavy atom. The Hall–Kier alpha value is -0.0800. The topological polar surface area (TPSA) is 26.3 Å². The number of rotatable bonds is 3. The largest absolute Gasteiger partial charge is 0.785 e. The SMILES string of the molecule is CCC(C)N([O-])CC. The first kappa shape index (κ1) is 7.92. The van der Waals surface area contributed by atoms with E-state index in [4.69, 9.17) is 0 Å². The lowest BCUT2D eigenvalue weighted by Gasteiger charge is -2.32. The summed E-state index contributed by atoms with van der Waals surface area (Å²) in [5, 5.41) is 11.8. The molecule has 0 aliphatic heterocycles. The first-order chi connectivity index (χ1) is 3.72. The van der Waals surface area contributed by atoms with Crippen LogP contribution in [0.3, 0.4) is 0 Å². The Labute approximate surface area is 51.1 Å². The summed E-state index contributed by atoms with van der Waals surface area (Å²) >= 11 is 0. The van der Waals surface area contributed by atoms with Crippen molar-refractivity contribution in [3.05, 3.63) is 5.21 Å². The molecule has 0 rings (SSSR count). The van der Waals surface area contributed by atoms with Crippen LogP contribution in [0.15, 0.2) is 0 Å². The van der Waals surface area contributed by atoms with Crippen molar-refractivity contribution in [1.29, 1.82) is 0 Å². The Morgan fingerprint density at radius 2 is 2.00 bits per heavy atom. The van der Waals surface area contributed by atoms with Gasteiger partial charge in [0.15, 0.2) is 0 Å². The summed E-state index contributed by atoms with van der Waals surface area (Å²) in [5.41, 5.74) is 0. The van der Waals surface area contributed by atoms with Gasteiger partial charge >= 0.3 is 0 Å². The predicted octanol–water partition coefficient (Wildman–Crippen LogP) is 1.60. The molecule has 0 aliphatic carbocycles. The summed E-state index contributed by atoms with van der Waals surface area (Å²) < 4.78 is 0. The standard InChI is InChI=1S/C6H14NO/c1-4-6(3)7(8)5-2/h6H,4-5H2,1-3H3/q-1. The van der Waals surface area contributed by atoms with Crippen LogP contribution in [0.1, 0.15) is 27.2 Å². The van der Waals surface area contributed by atoms with Crippen LogP contribution in [0, 0.1) is 5.21 Å². The highest BCUT2D eigenvalue weighted by Gasteiger charge is 1.95. The summed E-state index contributed by atoms with van der Waals surface area (Å²) in [6.07, 6.45) is 0.942. The van der Waals surface area contributed by atoms with Gasteiger partial charge in [-0.3, -0.25) is 0 Å². The van der Waals surface area contributed by atoms with Crippen molar-refractivity contribution in [3.8, 4) is 0 Å². The fourth-order valence-electron chi connectivity index (χ4n) is 0.515. The molecule has 0 heterocycles. The zero-order chi connectivity index (χ0) is 6.57. The molecule has 0 bridgehead atoms. The lowest BCUT2D eigenvalue weighted by Crippen LogP contribution is -2.25. The molecule has 0 aromatic rings. The van der Waals surface area contributed by atoms with Crippen molar-refractivity contribution < 1.29 is 0 Å². The van der Waals surface area contributed by atoms with Crippen LogP contribution in [-0.4, -0.2) is 17.6 Å². The third-order valence-corrected chi connectivity index (χ3v) is 1.39. The van der Waals surface area contributed by atoms with Crippen LogP contribution in [0.5, 0.6) is 0 Å². The molecule has 0 N–H and O–H groups in total. The molecule has 1 atom stereocenters. The van der Waals surface area contributed by atoms with Crippen molar-refractivity contribution in [3.63, 3.8) is 0 Å². The van der Waals surface area contributed by atoms with E-state index in [1.165, 1.54) is 0 Å². The van der Waals surface area contributed by atoms with Crippen LogP contribution in [0.4, 0.5) is 0 Å². The van der Waals surface area contributed by atoms with Gasteiger partial charge in [0, 0.05) is 0 Å². The summed E-state index contributed by atoms with van der Waals surface area (Å²) in [5.74, 6) is 0. The first-order valence-corrected chi connectivity index (χ1v) is 3.16. The van der Waals surface area contributed by atoms with E-state index in [9.17, 15) is 5.21 Å². The fraction of sp³-hybridized carbons (Fsp3) is 1.00. The van der Waals surface area contributed by atoms with Gasteiger partial charge < -0.3 is 10.3 Å². The normalized spacial score (nSPS) is 14.6. The number of nitrogens with zero attached hydrogens (tertiary/aromatic N) is 1. The summed E-state index contributed by atoms with van der Waals surface area (Å²) in [4.78, 5) is 0. The van der Waals surface area contributed by atoms with Gasteiger partial charge in [-0.25, -0.2) is 0 Å². The van der Waals surface area contributed by atoms with Gasteiger partial charge in [0.05, 0.1) is 0 Å². The Morgan fingerprint density at radius 1 is 1.50 bits per heavy atom. The first-order valence-electron chi connectivity index (χ1n) is 3.16. The lowest BCUT2D eigenvalue weighted by atomic mass is 10.2. The number of hydrogen-bond donors (Lipinski definition) is 0. The summed E-state index contributed by atoms with van der Waals surface area (Å²) in [6, 6.07) is 0.194. The molecule has 1 unspecified atom stereocenters. The average Bonchev–Trinajstić information content (AvgIpc) is 1.84. The zero-order valence-corrected chi connectivity index (χ0v) is 5.85. The lowest BCUT2D eigenvalue weighted by molar-refractivity contribution is 0.302. The van der Waals surface area contributed by atoms with Crippen molar-refractivity contribution in [2.24, 2.45) is 0 Å². The van der Waals surface area contributed by atoms with Gasteiger partial charge in [0.2, 0.25) is 0 Å². The minimum Gasteiger partial charge on any atom is -0.785 e. The maximum absolute atomic E-state index is 10.7. The van der Waals surface area contributed by atoms with Crippen molar-refractivity contribution >= 4 is 0 Å². The molecule has 0 radical (unpaired) electrons. The van der Waals surface area contributed by atoms with E-state index in [1.54, 1.807) is 0 Å². The summed E-state index contributed by atoms with van der Waals surface area (Å²) in [6.45, 7) is 6.44. The van der Waals surface area contributed by atoms with Gasteiger partial charge in [-0.05, 0) is 19.0 Å². The average molecular weight is 116 g/mol. The maximum Gasteiger partial charge on any atom is -0.00577 e. The zero-order valence-electron chi connectivity index (χ0n) is 5.85. The van der Waals surface area contributed by atoms with Crippen LogP contribution in [0.2, 0.25) is 0 Å². The molecular weight excluding hydrogens is 102 g/mol.